The quantitative estimate of drug-likeness (QED) is 0.419. The van der Waals surface area contributed by atoms with Gasteiger partial charge in [-0.05, 0) is 6.92 Å². The number of esters is 1. The Bertz CT molecular complexity index is 615. The number of H-pyrrole nitrogens is 1. The molecule has 22 heavy (non-hydrogen) atoms. The molecule has 1 rings (SSSR count). The summed E-state index contributed by atoms with van der Waals surface area (Å²) in [5.41, 5.74) is -0.230. The van der Waals surface area contributed by atoms with Gasteiger partial charge >= 0.3 is 12.1 Å². The molecule has 2 N–H and O–H groups in total. The number of hydrogen-bond donors (Lipinski definition) is 2. The maximum absolute atomic E-state index is 11.5. The summed E-state index contributed by atoms with van der Waals surface area (Å²) in [6.07, 6.45) is -0.989. The van der Waals surface area contributed by atoms with Crippen molar-refractivity contribution >= 4 is 29.7 Å². The third-order valence-electron chi connectivity index (χ3n) is 2.18. The van der Waals surface area contributed by atoms with Crippen LogP contribution >= 0.6 is 11.8 Å². The molecular weight excluding hydrogens is 314 g/mol. The van der Waals surface area contributed by atoms with E-state index in [1.165, 1.54) is 13.2 Å². The van der Waals surface area contributed by atoms with Crippen molar-refractivity contribution in [1.29, 1.82) is 0 Å². The van der Waals surface area contributed by atoms with Crippen LogP contribution in [0.5, 0.6) is 0 Å². The van der Waals surface area contributed by atoms with E-state index in [4.69, 9.17) is 0 Å². The van der Waals surface area contributed by atoms with Crippen LogP contribution in [0.3, 0.4) is 0 Å². The van der Waals surface area contributed by atoms with Gasteiger partial charge in [0.25, 0.3) is 5.56 Å². The van der Waals surface area contributed by atoms with Crippen LogP contribution in [-0.4, -0.2) is 47.4 Å². The first-order valence-electron chi connectivity index (χ1n) is 6.21. The molecule has 0 fully saturated rings. The lowest BCUT2D eigenvalue weighted by Crippen LogP contribution is -2.32. The molecule has 1 aromatic rings. The molecule has 0 bridgehead atoms. The highest BCUT2D eigenvalue weighted by Crippen LogP contribution is 2.11. The van der Waals surface area contributed by atoms with Gasteiger partial charge in [-0.3, -0.25) is 19.7 Å². The number of thioether (sulfide) groups is 1. The minimum absolute atomic E-state index is 0.149. The van der Waals surface area contributed by atoms with E-state index in [1.54, 1.807) is 6.92 Å². The average Bonchev–Trinajstić information content (AvgIpc) is 2.44. The van der Waals surface area contributed by atoms with Crippen LogP contribution in [-0.2, 0) is 25.5 Å². The summed E-state index contributed by atoms with van der Waals surface area (Å²) >= 11 is 0.913. The Balaban J connectivity index is 2.62. The summed E-state index contributed by atoms with van der Waals surface area (Å²) in [6, 6.07) is 1.17. The third-order valence-corrected chi connectivity index (χ3v) is 3.06. The number of hydrogen-bond acceptors (Lipinski definition) is 8. The highest BCUT2D eigenvalue weighted by molar-refractivity contribution is 7.99. The van der Waals surface area contributed by atoms with Crippen molar-refractivity contribution in [2.75, 3.05) is 19.5 Å². The Kier molecular flexibility index (Phi) is 7.09. The number of aromatic nitrogens is 2. The molecule has 0 unspecified atom stereocenters. The number of carbonyl (C=O) groups excluding carboxylic acids is 3. The Hall–Kier alpha value is -2.36. The van der Waals surface area contributed by atoms with Gasteiger partial charge in [0.05, 0.1) is 31.6 Å². The molecule has 0 aromatic carbocycles. The Morgan fingerprint density at radius 2 is 2.14 bits per heavy atom. The fraction of sp³-hybridized carbons (Fsp3) is 0.417. The Labute approximate surface area is 129 Å². The third kappa shape index (κ3) is 6.39. The van der Waals surface area contributed by atoms with Gasteiger partial charge < -0.3 is 14.5 Å². The summed E-state index contributed by atoms with van der Waals surface area (Å²) in [5.74, 6) is -1.28. The summed E-state index contributed by atoms with van der Waals surface area (Å²) < 4.78 is 9.04. The van der Waals surface area contributed by atoms with Gasteiger partial charge in [-0.25, -0.2) is 9.78 Å². The molecule has 1 heterocycles. The van der Waals surface area contributed by atoms with Crippen LogP contribution in [0.1, 0.15) is 12.6 Å². The van der Waals surface area contributed by atoms with Crippen molar-refractivity contribution in [3.63, 3.8) is 0 Å². The molecule has 0 atom stereocenters. The van der Waals surface area contributed by atoms with Gasteiger partial charge in [-0.2, -0.15) is 0 Å². The number of ether oxygens (including phenoxy) is 2. The van der Waals surface area contributed by atoms with E-state index in [0.29, 0.717) is 0 Å². The van der Waals surface area contributed by atoms with Crippen molar-refractivity contribution in [2.24, 2.45) is 0 Å². The number of rotatable bonds is 6. The van der Waals surface area contributed by atoms with Crippen LogP contribution in [0, 0.1) is 0 Å². The molecular formula is C12H15N3O6S. The zero-order chi connectivity index (χ0) is 16.5. The molecule has 0 aliphatic rings. The number of carbonyl (C=O) groups is 3. The van der Waals surface area contributed by atoms with Gasteiger partial charge in [-0.15, -0.1) is 0 Å². The monoisotopic (exact) mass is 329 g/mol. The predicted molar refractivity (Wildman–Crippen MR) is 76.5 cm³/mol. The summed E-state index contributed by atoms with van der Waals surface area (Å²) in [6.45, 7) is 1.76. The SMILES string of the molecule is CCOC(=O)NC(=O)CSc1nc(CC(=O)OC)cc(=O)[nH]1. The lowest BCUT2D eigenvalue weighted by atomic mass is 10.3. The fourth-order valence-electron chi connectivity index (χ4n) is 1.31. The van der Waals surface area contributed by atoms with Gasteiger partial charge in [0.15, 0.2) is 5.16 Å². The van der Waals surface area contributed by atoms with Crippen molar-refractivity contribution in [3.05, 3.63) is 22.1 Å². The Morgan fingerprint density at radius 1 is 1.41 bits per heavy atom. The van der Waals surface area contributed by atoms with Gasteiger partial charge in [-0.1, -0.05) is 11.8 Å². The number of nitrogens with zero attached hydrogens (tertiary/aromatic N) is 1. The maximum atomic E-state index is 11.5. The minimum atomic E-state index is -0.839. The largest absolute Gasteiger partial charge is 0.469 e. The van der Waals surface area contributed by atoms with Crippen molar-refractivity contribution in [2.45, 2.75) is 18.5 Å². The Morgan fingerprint density at radius 3 is 2.77 bits per heavy atom. The van der Waals surface area contributed by atoms with E-state index in [1.807, 2.05) is 5.32 Å². The number of nitrogens with one attached hydrogen (secondary N) is 2. The molecule has 1 aromatic heterocycles. The molecule has 0 saturated heterocycles. The highest BCUT2D eigenvalue weighted by atomic mass is 32.2. The average molecular weight is 329 g/mol. The normalized spacial score (nSPS) is 9.91. The second-order valence-electron chi connectivity index (χ2n) is 3.85. The molecule has 120 valence electrons. The molecule has 0 aliphatic carbocycles. The van der Waals surface area contributed by atoms with E-state index in [-0.39, 0.29) is 29.6 Å². The number of aromatic amines is 1. The molecule has 0 aliphatic heterocycles. The lowest BCUT2D eigenvalue weighted by Gasteiger charge is -2.05. The van der Waals surface area contributed by atoms with E-state index in [9.17, 15) is 19.2 Å². The van der Waals surface area contributed by atoms with Gasteiger partial charge in [0.1, 0.15) is 0 Å². The van der Waals surface area contributed by atoms with E-state index in [0.717, 1.165) is 11.8 Å². The number of methoxy groups -OCH3 is 1. The standard InChI is InChI=1S/C12H15N3O6S/c1-3-21-12(19)15-9(17)6-22-11-13-7(4-8(16)14-11)5-10(18)20-2/h4H,3,5-6H2,1-2H3,(H,13,14,16)(H,15,17,19). The number of amides is 2. The van der Waals surface area contributed by atoms with E-state index in [2.05, 4.69) is 19.4 Å². The molecule has 10 heteroatoms. The summed E-state index contributed by atoms with van der Waals surface area (Å²) in [4.78, 5) is 51.6. The number of alkyl carbamates (subject to hydrolysis) is 1. The topological polar surface area (TPSA) is 127 Å². The second-order valence-corrected chi connectivity index (χ2v) is 4.82. The molecule has 0 saturated carbocycles. The summed E-state index contributed by atoms with van der Waals surface area (Å²) in [7, 11) is 1.23. The first-order chi connectivity index (χ1) is 10.4. The van der Waals surface area contributed by atoms with E-state index < -0.39 is 23.5 Å². The highest BCUT2D eigenvalue weighted by Gasteiger charge is 2.11. The fourth-order valence-corrected chi connectivity index (χ4v) is 2.01. The van der Waals surface area contributed by atoms with Crippen molar-refractivity contribution < 1.29 is 23.9 Å². The van der Waals surface area contributed by atoms with Crippen LogP contribution in [0.2, 0.25) is 0 Å². The molecule has 9 nitrogen and oxygen atoms in total. The van der Waals surface area contributed by atoms with Crippen molar-refractivity contribution in [1.82, 2.24) is 15.3 Å². The zero-order valence-corrected chi connectivity index (χ0v) is 12.8. The molecule has 0 radical (unpaired) electrons. The predicted octanol–water partition coefficient (Wildman–Crippen LogP) is -0.150. The second kappa shape index (κ2) is 8.82. The zero-order valence-electron chi connectivity index (χ0n) is 12.0. The van der Waals surface area contributed by atoms with Crippen LogP contribution in [0.25, 0.3) is 0 Å². The first-order valence-corrected chi connectivity index (χ1v) is 7.19. The summed E-state index contributed by atoms with van der Waals surface area (Å²) in [5, 5.41) is 2.16. The molecule has 2 amide bonds. The number of imide groups is 1. The smallest absolute Gasteiger partial charge is 0.413 e. The first kappa shape index (κ1) is 17.7. The van der Waals surface area contributed by atoms with E-state index >= 15 is 0 Å². The molecule has 0 spiro atoms. The van der Waals surface area contributed by atoms with Crippen LogP contribution in [0.4, 0.5) is 4.79 Å². The van der Waals surface area contributed by atoms with Crippen molar-refractivity contribution in [3.8, 4) is 0 Å². The van der Waals surface area contributed by atoms with Gasteiger partial charge in [0.2, 0.25) is 5.91 Å². The minimum Gasteiger partial charge on any atom is -0.469 e. The van der Waals surface area contributed by atoms with Crippen LogP contribution in [0.15, 0.2) is 16.0 Å². The maximum Gasteiger partial charge on any atom is 0.413 e. The van der Waals surface area contributed by atoms with Crippen LogP contribution < -0.4 is 10.9 Å². The lowest BCUT2D eigenvalue weighted by molar-refractivity contribution is -0.139. The van der Waals surface area contributed by atoms with Gasteiger partial charge in [0, 0.05) is 6.07 Å².